The summed E-state index contributed by atoms with van der Waals surface area (Å²) in [5, 5.41) is 6.34. The Kier molecular flexibility index (Phi) is 3.57. The van der Waals surface area contributed by atoms with Gasteiger partial charge in [0, 0.05) is 32.1 Å². The van der Waals surface area contributed by atoms with E-state index in [2.05, 4.69) is 15.2 Å². The monoisotopic (exact) mass is 245 g/mol. The average Bonchev–Trinajstić information content (AvgIpc) is 2.83. The lowest BCUT2D eigenvalue weighted by Crippen LogP contribution is -2.29. The van der Waals surface area contributed by atoms with Crippen LogP contribution in [0.25, 0.3) is 0 Å². The highest BCUT2D eigenvalue weighted by atomic mass is 16.2. The maximum Gasteiger partial charge on any atom is 0.271 e. The average molecular weight is 245 g/mol. The Morgan fingerprint density at radius 3 is 2.78 bits per heavy atom. The molecule has 0 atom stereocenters. The van der Waals surface area contributed by atoms with Crippen molar-refractivity contribution >= 4 is 11.7 Å². The van der Waals surface area contributed by atoms with Crippen molar-refractivity contribution in [3.63, 3.8) is 0 Å². The van der Waals surface area contributed by atoms with Crippen LogP contribution >= 0.6 is 0 Å². The first-order chi connectivity index (χ1) is 8.66. The molecule has 0 aliphatic rings. The number of hydrogen-bond donors (Lipinski definition) is 2. The largest absolute Gasteiger partial charge is 0.382 e. The molecule has 18 heavy (non-hydrogen) atoms. The summed E-state index contributed by atoms with van der Waals surface area (Å²) in [6.07, 6.45) is 4.27. The van der Waals surface area contributed by atoms with Gasteiger partial charge in [0.25, 0.3) is 5.91 Å². The molecule has 0 radical (unpaired) electrons. The molecule has 0 spiro atoms. The van der Waals surface area contributed by atoms with Crippen LogP contribution in [0.2, 0.25) is 0 Å². The molecule has 2 aromatic rings. The van der Waals surface area contributed by atoms with Crippen molar-refractivity contribution in [1.82, 2.24) is 20.1 Å². The van der Waals surface area contributed by atoms with E-state index in [9.17, 15) is 4.79 Å². The number of carbonyl (C=O) groups is 1. The molecule has 0 aliphatic heterocycles. The van der Waals surface area contributed by atoms with Gasteiger partial charge in [-0.1, -0.05) is 0 Å². The van der Waals surface area contributed by atoms with E-state index >= 15 is 0 Å². The van der Waals surface area contributed by atoms with Gasteiger partial charge in [0.15, 0.2) is 0 Å². The molecular formula is C12H15N5O. The number of nitrogens with two attached hydrogens (primary N) is 1. The Labute approximate surface area is 105 Å². The molecule has 6 nitrogen and oxygen atoms in total. The summed E-state index contributed by atoms with van der Waals surface area (Å²) in [7, 11) is 1.75. The number of nitrogens with zero attached hydrogens (tertiary/aromatic N) is 3. The van der Waals surface area contributed by atoms with Crippen LogP contribution in [-0.4, -0.2) is 39.6 Å². The fourth-order valence-electron chi connectivity index (χ4n) is 1.60. The van der Waals surface area contributed by atoms with Gasteiger partial charge in [-0.25, -0.2) is 0 Å². The van der Waals surface area contributed by atoms with Crippen LogP contribution in [0, 0.1) is 0 Å². The van der Waals surface area contributed by atoms with Crippen molar-refractivity contribution in [2.75, 3.05) is 19.3 Å². The summed E-state index contributed by atoms with van der Waals surface area (Å²) in [5.41, 5.74) is 7.02. The van der Waals surface area contributed by atoms with Gasteiger partial charge >= 0.3 is 0 Å². The molecule has 3 N–H and O–H groups in total. The molecule has 1 amide bonds. The topological polar surface area (TPSA) is 87.9 Å². The number of aromatic nitrogens is 3. The first kappa shape index (κ1) is 12.1. The lowest BCUT2D eigenvalue weighted by molar-refractivity contribution is 0.0791. The summed E-state index contributed by atoms with van der Waals surface area (Å²) >= 11 is 0. The van der Waals surface area contributed by atoms with E-state index in [1.165, 1.54) is 6.07 Å². The number of likely N-dealkylation sites (N-methyl/N-ethyl adjacent to an activating group) is 1. The quantitative estimate of drug-likeness (QED) is 0.830. The molecule has 0 aromatic carbocycles. The molecule has 6 heteroatoms. The number of H-pyrrole nitrogens is 1. The fraction of sp³-hybridized carbons (Fsp3) is 0.250. The molecule has 0 unspecified atom stereocenters. The fourth-order valence-corrected chi connectivity index (χ4v) is 1.60. The Hall–Kier alpha value is -2.37. The molecule has 0 aliphatic carbocycles. The Morgan fingerprint density at radius 1 is 1.44 bits per heavy atom. The van der Waals surface area contributed by atoms with Gasteiger partial charge in [-0.3, -0.25) is 14.9 Å². The van der Waals surface area contributed by atoms with Crippen molar-refractivity contribution in [3.8, 4) is 0 Å². The number of carbonyl (C=O) groups excluding carboxylic acids is 1. The molecule has 0 bridgehead atoms. The normalized spacial score (nSPS) is 10.3. The van der Waals surface area contributed by atoms with Crippen LogP contribution in [0.3, 0.4) is 0 Å². The molecule has 0 fully saturated rings. The lowest BCUT2D eigenvalue weighted by Gasteiger charge is -2.15. The molecule has 2 aromatic heterocycles. The minimum absolute atomic E-state index is 0.117. The summed E-state index contributed by atoms with van der Waals surface area (Å²) in [4.78, 5) is 17.5. The SMILES string of the molecule is CN(CCc1ccncc1)C(=O)c1cc(N)n[nH]1. The molecule has 2 heterocycles. The summed E-state index contributed by atoms with van der Waals surface area (Å²) in [5.74, 6) is 0.203. The number of anilines is 1. The molecular weight excluding hydrogens is 230 g/mol. The number of nitrogen functional groups attached to an aromatic ring is 1. The van der Waals surface area contributed by atoms with E-state index < -0.39 is 0 Å². The minimum atomic E-state index is -0.117. The standard InChI is InChI=1S/C12H15N5O/c1-17(7-4-9-2-5-14-6-3-9)12(18)10-8-11(13)16-15-10/h2-3,5-6,8H,4,7H2,1H3,(H3,13,15,16). The van der Waals surface area contributed by atoms with Crippen LogP contribution in [-0.2, 0) is 6.42 Å². The van der Waals surface area contributed by atoms with E-state index in [4.69, 9.17) is 5.73 Å². The first-order valence-corrected chi connectivity index (χ1v) is 5.62. The Morgan fingerprint density at radius 2 is 2.17 bits per heavy atom. The third-order valence-electron chi connectivity index (χ3n) is 2.66. The van der Waals surface area contributed by atoms with Crippen LogP contribution < -0.4 is 5.73 Å². The van der Waals surface area contributed by atoms with Gasteiger partial charge in [-0.15, -0.1) is 0 Å². The van der Waals surface area contributed by atoms with Crippen molar-refractivity contribution in [3.05, 3.63) is 41.9 Å². The highest BCUT2D eigenvalue weighted by Crippen LogP contribution is 2.05. The number of pyridine rings is 1. The second-order valence-electron chi connectivity index (χ2n) is 4.04. The maximum atomic E-state index is 12.0. The van der Waals surface area contributed by atoms with Crippen LogP contribution in [0.4, 0.5) is 5.82 Å². The number of amides is 1. The Bertz CT molecular complexity index is 522. The number of rotatable bonds is 4. The maximum absolute atomic E-state index is 12.0. The zero-order valence-electron chi connectivity index (χ0n) is 10.1. The van der Waals surface area contributed by atoms with Gasteiger partial charge in [0.2, 0.25) is 0 Å². The molecule has 2 rings (SSSR count). The predicted octanol–water partition coefficient (Wildman–Crippen LogP) is 0.702. The van der Waals surface area contributed by atoms with Crippen LogP contribution in [0.1, 0.15) is 16.1 Å². The second kappa shape index (κ2) is 5.31. The summed E-state index contributed by atoms with van der Waals surface area (Å²) < 4.78 is 0. The Balaban J connectivity index is 1.92. The number of hydrogen-bond acceptors (Lipinski definition) is 4. The van der Waals surface area contributed by atoms with Crippen LogP contribution in [0.15, 0.2) is 30.6 Å². The third-order valence-corrected chi connectivity index (χ3v) is 2.66. The third kappa shape index (κ3) is 2.85. The van der Waals surface area contributed by atoms with E-state index in [1.807, 2.05) is 12.1 Å². The van der Waals surface area contributed by atoms with Crippen molar-refractivity contribution in [2.45, 2.75) is 6.42 Å². The van der Waals surface area contributed by atoms with Gasteiger partial charge in [-0.2, -0.15) is 5.10 Å². The summed E-state index contributed by atoms with van der Waals surface area (Å²) in [6, 6.07) is 5.41. The van der Waals surface area contributed by atoms with E-state index in [-0.39, 0.29) is 5.91 Å². The highest BCUT2D eigenvalue weighted by Gasteiger charge is 2.13. The minimum Gasteiger partial charge on any atom is -0.382 e. The number of aromatic amines is 1. The van der Waals surface area contributed by atoms with Crippen LogP contribution in [0.5, 0.6) is 0 Å². The molecule has 94 valence electrons. The van der Waals surface area contributed by atoms with Gasteiger partial charge in [0.05, 0.1) is 0 Å². The van der Waals surface area contributed by atoms with Gasteiger partial charge in [0.1, 0.15) is 11.5 Å². The zero-order chi connectivity index (χ0) is 13.0. The molecule has 0 saturated carbocycles. The lowest BCUT2D eigenvalue weighted by atomic mass is 10.2. The van der Waals surface area contributed by atoms with Gasteiger partial charge < -0.3 is 10.6 Å². The van der Waals surface area contributed by atoms with Crippen molar-refractivity contribution < 1.29 is 4.79 Å². The number of nitrogens with one attached hydrogen (secondary N) is 1. The zero-order valence-corrected chi connectivity index (χ0v) is 10.1. The first-order valence-electron chi connectivity index (χ1n) is 5.62. The summed E-state index contributed by atoms with van der Waals surface area (Å²) in [6.45, 7) is 0.627. The van der Waals surface area contributed by atoms with Gasteiger partial charge in [-0.05, 0) is 24.1 Å². The predicted molar refractivity (Wildman–Crippen MR) is 67.9 cm³/mol. The van der Waals surface area contributed by atoms with E-state index in [1.54, 1.807) is 24.3 Å². The van der Waals surface area contributed by atoms with E-state index in [0.717, 1.165) is 12.0 Å². The smallest absolute Gasteiger partial charge is 0.271 e. The highest BCUT2D eigenvalue weighted by molar-refractivity contribution is 5.92. The van der Waals surface area contributed by atoms with E-state index in [0.29, 0.717) is 18.1 Å². The molecule has 0 saturated heterocycles. The second-order valence-corrected chi connectivity index (χ2v) is 4.04. The van der Waals surface area contributed by atoms with Crippen molar-refractivity contribution in [2.24, 2.45) is 0 Å². The van der Waals surface area contributed by atoms with Crippen molar-refractivity contribution in [1.29, 1.82) is 0 Å².